The van der Waals surface area contributed by atoms with E-state index < -0.39 is 0 Å². The molecule has 1 amide bonds. The molecule has 0 aliphatic heterocycles. The standard InChI is InChI=1S/C19H18N2O3/c1-14(22)16-6-10-18(11-7-16)24-12-2-3-19(23)21-17-8-4-15(13-20)5-9-17/h4-11H,2-3,12H2,1H3,(H,21,23). The first-order valence-electron chi connectivity index (χ1n) is 7.62. The number of ether oxygens (including phenoxy) is 1. The second-order valence-electron chi connectivity index (χ2n) is 5.27. The molecular weight excluding hydrogens is 304 g/mol. The molecule has 2 aromatic rings. The van der Waals surface area contributed by atoms with Crippen LogP contribution in [0.25, 0.3) is 0 Å². The average Bonchev–Trinajstić information content (AvgIpc) is 2.60. The van der Waals surface area contributed by atoms with Gasteiger partial charge in [0.15, 0.2) is 5.78 Å². The van der Waals surface area contributed by atoms with Gasteiger partial charge in [0, 0.05) is 17.7 Å². The number of ketones is 1. The van der Waals surface area contributed by atoms with Crippen LogP contribution in [-0.2, 0) is 4.79 Å². The maximum absolute atomic E-state index is 11.8. The van der Waals surface area contributed by atoms with Gasteiger partial charge in [-0.1, -0.05) is 0 Å². The van der Waals surface area contributed by atoms with Crippen LogP contribution in [0.5, 0.6) is 5.75 Å². The Morgan fingerprint density at radius 2 is 1.75 bits per heavy atom. The number of carbonyl (C=O) groups excluding carboxylic acids is 2. The van der Waals surface area contributed by atoms with Crippen molar-refractivity contribution in [1.29, 1.82) is 5.26 Å². The molecule has 1 N–H and O–H groups in total. The quantitative estimate of drug-likeness (QED) is 0.624. The van der Waals surface area contributed by atoms with E-state index in [-0.39, 0.29) is 11.7 Å². The number of hydrogen-bond donors (Lipinski definition) is 1. The van der Waals surface area contributed by atoms with E-state index in [1.54, 1.807) is 48.5 Å². The van der Waals surface area contributed by atoms with E-state index in [2.05, 4.69) is 5.32 Å². The molecule has 2 rings (SSSR count). The second-order valence-corrected chi connectivity index (χ2v) is 5.27. The van der Waals surface area contributed by atoms with Crippen LogP contribution >= 0.6 is 0 Å². The van der Waals surface area contributed by atoms with Gasteiger partial charge in [0.1, 0.15) is 5.75 Å². The zero-order valence-electron chi connectivity index (χ0n) is 13.4. The summed E-state index contributed by atoms with van der Waals surface area (Å²) in [7, 11) is 0. The molecular formula is C19H18N2O3. The lowest BCUT2D eigenvalue weighted by Crippen LogP contribution is -2.12. The Morgan fingerprint density at radius 1 is 1.08 bits per heavy atom. The fourth-order valence-electron chi connectivity index (χ4n) is 2.06. The second kappa shape index (κ2) is 8.49. The molecule has 24 heavy (non-hydrogen) atoms. The van der Waals surface area contributed by atoms with Gasteiger partial charge in [-0.15, -0.1) is 0 Å². The molecule has 2 aromatic carbocycles. The normalized spacial score (nSPS) is 9.83. The lowest BCUT2D eigenvalue weighted by Gasteiger charge is -2.07. The molecule has 0 aliphatic carbocycles. The highest BCUT2D eigenvalue weighted by atomic mass is 16.5. The molecule has 5 nitrogen and oxygen atoms in total. The van der Waals surface area contributed by atoms with Crippen LogP contribution in [0, 0.1) is 11.3 Å². The third kappa shape index (κ3) is 5.25. The van der Waals surface area contributed by atoms with Gasteiger partial charge in [-0.05, 0) is 61.9 Å². The zero-order valence-corrected chi connectivity index (χ0v) is 13.4. The van der Waals surface area contributed by atoms with Crippen molar-refractivity contribution in [2.45, 2.75) is 19.8 Å². The highest BCUT2D eigenvalue weighted by molar-refractivity contribution is 5.94. The van der Waals surface area contributed by atoms with Crippen molar-refractivity contribution in [3.05, 3.63) is 59.7 Å². The van der Waals surface area contributed by atoms with Crippen molar-refractivity contribution in [1.82, 2.24) is 0 Å². The first kappa shape index (κ1) is 17.2. The number of Topliss-reactive ketones (excluding diaryl/α,β-unsaturated/α-hetero) is 1. The van der Waals surface area contributed by atoms with Crippen LogP contribution in [0.3, 0.4) is 0 Å². The largest absolute Gasteiger partial charge is 0.494 e. The van der Waals surface area contributed by atoms with Gasteiger partial charge in [-0.3, -0.25) is 9.59 Å². The van der Waals surface area contributed by atoms with Crippen LogP contribution in [0.2, 0.25) is 0 Å². The van der Waals surface area contributed by atoms with E-state index in [4.69, 9.17) is 10.00 Å². The number of benzene rings is 2. The highest BCUT2D eigenvalue weighted by Gasteiger charge is 2.04. The number of nitrogens with zero attached hydrogens (tertiary/aromatic N) is 1. The molecule has 0 aromatic heterocycles. The van der Waals surface area contributed by atoms with Gasteiger partial charge < -0.3 is 10.1 Å². The maximum Gasteiger partial charge on any atom is 0.224 e. The third-order valence-corrected chi connectivity index (χ3v) is 3.38. The summed E-state index contributed by atoms with van der Waals surface area (Å²) >= 11 is 0. The van der Waals surface area contributed by atoms with Gasteiger partial charge in [0.25, 0.3) is 0 Å². The molecule has 0 fully saturated rings. The minimum absolute atomic E-state index is 0.0148. The van der Waals surface area contributed by atoms with Gasteiger partial charge >= 0.3 is 0 Å². The minimum Gasteiger partial charge on any atom is -0.494 e. The van der Waals surface area contributed by atoms with E-state index in [0.717, 1.165) is 0 Å². The Kier molecular flexibility index (Phi) is 6.09. The molecule has 5 heteroatoms. The Hall–Kier alpha value is -3.13. The highest BCUT2D eigenvalue weighted by Crippen LogP contribution is 2.13. The fraction of sp³-hybridized carbons (Fsp3) is 0.211. The number of rotatable bonds is 7. The molecule has 0 unspecified atom stereocenters. The number of amides is 1. The topological polar surface area (TPSA) is 79.2 Å². The lowest BCUT2D eigenvalue weighted by molar-refractivity contribution is -0.116. The molecule has 0 aliphatic rings. The van der Waals surface area contributed by atoms with E-state index in [1.807, 2.05) is 6.07 Å². The van der Waals surface area contributed by atoms with Crippen LogP contribution < -0.4 is 10.1 Å². The predicted molar refractivity (Wildman–Crippen MR) is 91.0 cm³/mol. The summed E-state index contributed by atoms with van der Waals surface area (Å²) in [5.74, 6) is 0.587. The Morgan fingerprint density at radius 3 is 2.33 bits per heavy atom. The minimum atomic E-state index is -0.102. The van der Waals surface area contributed by atoms with E-state index >= 15 is 0 Å². The number of carbonyl (C=O) groups is 2. The summed E-state index contributed by atoms with van der Waals surface area (Å²) in [5, 5.41) is 11.5. The molecule has 0 saturated heterocycles. The van der Waals surface area contributed by atoms with Crippen LogP contribution in [-0.4, -0.2) is 18.3 Å². The van der Waals surface area contributed by atoms with Crippen molar-refractivity contribution >= 4 is 17.4 Å². The Bertz CT molecular complexity index is 744. The van der Waals surface area contributed by atoms with Crippen molar-refractivity contribution in [2.24, 2.45) is 0 Å². The summed E-state index contributed by atoms with van der Waals surface area (Å²) < 4.78 is 5.54. The van der Waals surface area contributed by atoms with Crippen molar-refractivity contribution in [3.63, 3.8) is 0 Å². The molecule has 0 atom stereocenters. The summed E-state index contributed by atoms with van der Waals surface area (Å²) in [6, 6.07) is 15.7. The average molecular weight is 322 g/mol. The fourth-order valence-corrected chi connectivity index (χ4v) is 2.06. The van der Waals surface area contributed by atoms with Crippen molar-refractivity contribution < 1.29 is 14.3 Å². The Balaban J connectivity index is 1.70. The van der Waals surface area contributed by atoms with Crippen LogP contribution in [0.15, 0.2) is 48.5 Å². The first-order chi connectivity index (χ1) is 11.6. The van der Waals surface area contributed by atoms with E-state index in [9.17, 15) is 9.59 Å². The zero-order chi connectivity index (χ0) is 17.4. The van der Waals surface area contributed by atoms with Crippen molar-refractivity contribution in [2.75, 3.05) is 11.9 Å². The maximum atomic E-state index is 11.8. The van der Waals surface area contributed by atoms with E-state index in [1.165, 1.54) is 6.92 Å². The lowest BCUT2D eigenvalue weighted by atomic mass is 10.1. The summed E-state index contributed by atoms with van der Waals surface area (Å²) in [4.78, 5) is 23.0. The molecule has 0 bridgehead atoms. The monoisotopic (exact) mass is 322 g/mol. The SMILES string of the molecule is CC(=O)c1ccc(OCCCC(=O)Nc2ccc(C#N)cc2)cc1. The summed E-state index contributed by atoms with van der Waals surface area (Å²) in [6.07, 6.45) is 0.919. The molecule has 0 radical (unpaired) electrons. The molecule has 0 spiro atoms. The number of hydrogen-bond acceptors (Lipinski definition) is 4. The van der Waals surface area contributed by atoms with Gasteiger partial charge in [0.2, 0.25) is 5.91 Å². The smallest absolute Gasteiger partial charge is 0.224 e. The van der Waals surface area contributed by atoms with Crippen LogP contribution in [0.4, 0.5) is 5.69 Å². The molecule has 0 saturated carbocycles. The number of nitriles is 1. The molecule has 122 valence electrons. The van der Waals surface area contributed by atoms with E-state index in [0.29, 0.717) is 42.0 Å². The predicted octanol–water partition coefficient (Wildman–Crippen LogP) is 3.56. The summed E-state index contributed by atoms with van der Waals surface area (Å²) in [5.41, 5.74) is 1.86. The number of nitrogens with one attached hydrogen (secondary N) is 1. The van der Waals surface area contributed by atoms with Gasteiger partial charge in [-0.2, -0.15) is 5.26 Å². The summed E-state index contributed by atoms with van der Waals surface area (Å²) in [6.45, 7) is 1.93. The van der Waals surface area contributed by atoms with Gasteiger partial charge in [-0.25, -0.2) is 0 Å². The van der Waals surface area contributed by atoms with Gasteiger partial charge in [0.05, 0.1) is 18.2 Å². The first-order valence-corrected chi connectivity index (χ1v) is 7.62. The third-order valence-electron chi connectivity index (χ3n) is 3.38. The van der Waals surface area contributed by atoms with Crippen LogP contribution in [0.1, 0.15) is 35.7 Å². The molecule has 0 heterocycles. The Labute approximate surface area is 140 Å². The van der Waals surface area contributed by atoms with Crippen molar-refractivity contribution in [3.8, 4) is 11.8 Å². The number of anilines is 1.